The Morgan fingerprint density at radius 2 is 2.00 bits per heavy atom. The summed E-state index contributed by atoms with van der Waals surface area (Å²) in [7, 11) is -3.21. The highest BCUT2D eigenvalue weighted by Gasteiger charge is 2.26. The summed E-state index contributed by atoms with van der Waals surface area (Å²) in [6.07, 6.45) is 5.52. The molecule has 2 aromatic rings. The van der Waals surface area contributed by atoms with Gasteiger partial charge in [-0.3, -0.25) is 0 Å². The number of aromatic nitrogens is 2. The van der Waals surface area contributed by atoms with Crippen LogP contribution < -0.4 is 10.2 Å². The van der Waals surface area contributed by atoms with Gasteiger partial charge in [0.15, 0.2) is 0 Å². The SMILES string of the molecule is O=S(=O)(CCNCc1cc[nH]c1)N1CCN(c2ccccn2)CC1. The Kier molecular flexibility index (Phi) is 5.49. The van der Waals surface area contributed by atoms with Gasteiger partial charge in [0.1, 0.15) is 5.82 Å². The maximum atomic E-state index is 12.4. The third-order valence-corrected chi connectivity index (χ3v) is 6.01. The van der Waals surface area contributed by atoms with Crippen molar-refractivity contribution >= 4 is 15.8 Å². The zero-order valence-electron chi connectivity index (χ0n) is 13.6. The van der Waals surface area contributed by atoms with Crippen LogP contribution in [0.3, 0.4) is 0 Å². The maximum Gasteiger partial charge on any atom is 0.215 e. The number of hydrogen-bond acceptors (Lipinski definition) is 5. The van der Waals surface area contributed by atoms with Crippen LogP contribution in [0.25, 0.3) is 0 Å². The van der Waals surface area contributed by atoms with Gasteiger partial charge in [0.25, 0.3) is 0 Å². The number of nitrogens with one attached hydrogen (secondary N) is 2. The molecule has 2 N–H and O–H groups in total. The molecular weight excluding hydrogens is 326 g/mol. The number of sulfonamides is 1. The molecule has 7 nitrogen and oxygen atoms in total. The predicted octanol–water partition coefficient (Wildman–Crippen LogP) is 0.651. The molecule has 0 spiro atoms. The van der Waals surface area contributed by atoms with Crippen molar-refractivity contribution in [3.63, 3.8) is 0 Å². The fraction of sp³-hybridized carbons (Fsp3) is 0.438. The number of nitrogens with zero attached hydrogens (tertiary/aromatic N) is 3. The van der Waals surface area contributed by atoms with Crippen molar-refractivity contribution in [1.82, 2.24) is 19.6 Å². The van der Waals surface area contributed by atoms with E-state index in [-0.39, 0.29) is 5.75 Å². The van der Waals surface area contributed by atoms with Gasteiger partial charge in [-0.2, -0.15) is 4.31 Å². The molecule has 0 amide bonds. The van der Waals surface area contributed by atoms with Crippen molar-refractivity contribution in [1.29, 1.82) is 0 Å². The zero-order valence-corrected chi connectivity index (χ0v) is 14.4. The third-order valence-electron chi connectivity index (χ3n) is 4.13. The molecule has 1 saturated heterocycles. The molecule has 1 fully saturated rings. The number of aromatic amines is 1. The van der Waals surface area contributed by atoms with Gasteiger partial charge in [-0.1, -0.05) is 6.07 Å². The van der Waals surface area contributed by atoms with Crippen LogP contribution in [0.2, 0.25) is 0 Å². The summed E-state index contributed by atoms with van der Waals surface area (Å²) >= 11 is 0. The van der Waals surface area contributed by atoms with Crippen molar-refractivity contribution in [3.8, 4) is 0 Å². The molecular formula is C16H23N5O2S. The molecule has 0 aliphatic carbocycles. The van der Waals surface area contributed by atoms with E-state index < -0.39 is 10.0 Å². The highest BCUT2D eigenvalue weighted by molar-refractivity contribution is 7.89. The van der Waals surface area contributed by atoms with Crippen molar-refractivity contribution in [3.05, 3.63) is 48.4 Å². The summed E-state index contributed by atoms with van der Waals surface area (Å²) in [6, 6.07) is 7.75. The standard InChI is InChI=1S/C16H23N5O2S/c22-24(23,12-7-18-14-15-4-6-17-13-15)21-10-8-20(9-11-21)16-3-1-2-5-19-16/h1-6,13,17-18H,7-12,14H2. The van der Waals surface area contributed by atoms with Crippen molar-refractivity contribution in [2.24, 2.45) is 0 Å². The molecule has 2 aromatic heterocycles. The Bertz CT molecular complexity index is 710. The number of H-pyrrole nitrogens is 1. The minimum Gasteiger partial charge on any atom is -0.367 e. The molecule has 24 heavy (non-hydrogen) atoms. The summed E-state index contributed by atoms with van der Waals surface area (Å²) in [5, 5.41) is 3.17. The number of pyridine rings is 1. The maximum absolute atomic E-state index is 12.4. The van der Waals surface area contributed by atoms with Gasteiger partial charge in [0, 0.05) is 57.9 Å². The van der Waals surface area contributed by atoms with Crippen LogP contribution in [-0.2, 0) is 16.6 Å². The van der Waals surface area contributed by atoms with Crippen LogP contribution in [0.4, 0.5) is 5.82 Å². The molecule has 0 atom stereocenters. The summed E-state index contributed by atoms with van der Waals surface area (Å²) in [4.78, 5) is 9.42. The Morgan fingerprint density at radius 1 is 1.17 bits per heavy atom. The van der Waals surface area contributed by atoms with Gasteiger partial charge in [-0.25, -0.2) is 13.4 Å². The van der Waals surface area contributed by atoms with Crippen molar-refractivity contribution in [2.45, 2.75) is 6.54 Å². The molecule has 0 saturated carbocycles. The second kappa shape index (κ2) is 7.78. The normalized spacial score (nSPS) is 16.4. The lowest BCUT2D eigenvalue weighted by molar-refractivity contribution is 0.383. The van der Waals surface area contributed by atoms with E-state index >= 15 is 0 Å². The first kappa shape index (κ1) is 16.9. The lowest BCUT2D eigenvalue weighted by Crippen LogP contribution is -2.50. The van der Waals surface area contributed by atoms with Crippen LogP contribution in [0.1, 0.15) is 5.56 Å². The second-order valence-corrected chi connectivity index (χ2v) is 7.87. The van der Waals surface area contributed by atoms with Gasteiger partial charge in [-0.15, -0.1) is 0 Å². The summed E-state index contributed by atoms with van der Waals surface area (Å²) < 4.78 is 26.5. The number of hydrogen-bond donors (Lipinski definition) is 2. The average Bonchev–Trinajstić information content (AvgIpc) is 3.13. The van der Waals surface area contributed by atoms with Gasteiger partial charge in [0.2, 0.25) is 10.0 Å². The van der Waals surface area contributed by atoms with Crippen LogP contribution in [0.5, 0.6) is 0 Å². The predicted molar refractivity (Wildman–Crippen MR) is 94.3 cm³/mol. The highest BCUT2D eigenvalue weighted by Crippen LogP contribution is 2.14. The van der Waals surface area contributed by atoms with E-state index in [1.807, 2.05) is 36.7 Å². The highest BCUT2D eigenvalue weighted by atomic mass is 32.2. The number of piperazine rings is 1. The fourth-order valence-electron chi connectivity index (χ4n) is 2.77. The average molecular weight is 349 g/mol. The van der Waals surface area contributed by atoms with Gasteiger partial charge in [0.05, 0.1) is 5.75 Å². The minimum absolute atomic E-state index is 0.126. The van der Waals surface area contributed by atoms with E-state index in [9.17, 15) is 8.42 Å². The number of rotatable bonds is 7. The second-order valence-electron chi connectivity index (χ2n) is 5.79. The first-order valence-corrected chi connectivity index (χ1v) is 9.72. The van der Waals surface area contributed by atoms with Crippen molar-refractivity contribution in [2.75, 3.05) is 43.4 Å². The van der Waals surface area contributed by atoms with E-state index in [2.05, 4.69) is 20.2 Å². The van der Waals surface area contributed by atoms with Crippen LogP contribution in [0.15, 0.2) is 42.9 Å². The lowest BCUT2D eigenvalue weighted by Gasteiger charge is -2.34. The monoisotopic (exact) mass is 349 g/mol. The molecule has 3 rings (SSSR count). The van der Waals surface area contributed by atoms with Gasteiger partial charge >= 0.3 is 0 Å². The molecule has 0 aromatic carbocycles. The lowest BCUT2D eigenvalue weighted by atomic mass is 10.3. The minimum atomic E-state index is -3.21. The Labute approximate surface area is 142 Å². The van der Waals surface area contributed by atoms with Crippen molar-refractivity contribution < 1.29 is 8.42 Å². The Hall–Kier alpha value is -1.90. The first-order chi connectivity index (χ1) is 11.6. The zero-order chi connectivity index (χ0) is 16.8. The van der Waals surface area contributed by atoms with Crippen LogP contribution in [0, 0.1) is 0 Å². The summed E-state index contributed by atoms with van der Waals surface area (Å²) in [5.41, 5.74) is 1.12. The largest absolute Gasteiger partial charge is 0.367 e. The Morgan fingerprint density at radius 3 is 2.67 bits per heavy atom. The molecule has 130 valence electrons. The first-order valence-electron chi connectivity index (χ1n) is 8.11. The topological polar surface area (TPSA) is 81.3 Å². The molecule has 1 aliphatic heterocycles. The molecule has 0 unspecified atom stereocenters. The number of anilines is 1. The molecule has 8 heteroatoms. The third kappa shape index (κ3) is 4.34. The fourth-order valence-corrected chi connectivity index (χ4v) is 4.15. The summed E-state index contributed by atoms with van der Waals surface area (Å²) in [5.74, 6) is 1.03. The summed E-state index contributed by atoms with van der Waals surface area (Å²) in [6.45, 7) is 3.49. The quantitative estimate of drug-likeness (QED) is 0.718. The molecule has 3 heterocycles. The molecule has 0 bridgehead atoms. The van der Waals surface area contributed by atoms with E-state index in [4.69, 9.17) is 0 Å². The van der Waals surface area contributed by atoms with Gasteiger partial charge < -0.3 is 15.2 Å². The van der Waals surface area contributed by atoms with E-state index in [0.29, 0.717) is 39.3 Å². The van der Waals surface area contributed by atoms with Gasteiger partial charge in [-0.05, 0) is 23.8 Å². The Balaban J connectivity index is 1.44. The molecule has 1 aliphatic rings. The molecule has 0 radical (unpaired) electrons. The van der Waals surface area contributed by atoms with E-state index in [1.54, 1.807) is 10.5 Å². The van der Waals surface area contributed by atoms with E-state index in [0.717, 1.165) is 11.4 Å². The van der Waals surface area contributed by atoms with E-state index in [1.165, 1.54) is 0 Å². The smallest absolute Gasteiger partial charge is 0.215 e. The van der Waals surface area contributed by atoms with Crippen LogP contribution >= 0.6 is 0 Å². The van der Waals surface area contributed by atoms with Crippen LogP contribution in [-0.4, -0.2) is 61.2 Å².